The van der Waals surface area contributed by atoms with E-state index in [0.717, 1.165) is 22.4 Å². The zero-order chi connectivity index (χ0) is 14.7. The molecule has 3 rings (SSSR count). The van der Waals surface area contributed by atoms with Gasteiger partial charge in [0, 0.05) is 39.4 Å². The summed E-state index contributed by atoms with van der Waals surface area (Å²) in [6.07, 6.45) is 1.69. The largest absolute Gasteiger partial charge is 0.379 e. The number of aromatic nitrogens is 1. The predicted octanol–water partition coefficient (Wildman–Crippen LogP) is 2.98. The summed E-state index contributed by atoms with van der Waals surface area (Å²) < 4.78 is 6.39. The fourth-order valence-electron chi connectivity index (χ4n) is 2.24. The molecule has 112 valence electrons. The first-order chi connectivity index (χ1) is 10.2. The van der Waals surface area contributed by atoms with Crippen LogP contribution in [0.25, 0.3) is 0 Å². The molecule has 0 aromatic carbocycles. The Bertz CT molecular complexity index is 596. The van der Waals surface area contributed by atoms with E-state index in [4.69, 9.17) is 4.74 Å². The standard InChI is InChI=1S/C13H14BrN3O2S2/c14-9-7-10(21-8-9)11(17-2-4-19-5-3-17)12(18)16-13-15-1-6-20-13/h1,6-8,11H,2-5H2,(H,15,16,18)/t11-/m1/s1. The molecule has 0 radical (unpaired) electrons. The van der Waals surface area contributed by atoms with Crippen LogP contribution in [0, 0.1) is 0 Å². The molecular formula is C13H14BrN3O2S2. The van der Waals surface area contributed by atoms with E-state index in [1.54, 1.807) is 17.5 Å². The van der Waals surface area contributed by atoms with Gasteiger partial charge in [0.05, 0.1) is 13.2 Å². The highest BCUT2D eigenvalue weighted by atomic mass is 79.9. The summed E-state index contributed by atoms with van der Waals surface area (Å²) in [6.45, 7) is 2.83. The van der Waals surface area contributed by atoms with Gasteiger partial charge in [0.2, 0.25) is 5.91 Å². The lowest BCUT2D eigenvalue weighted by Gasteiger charge is -2.32. The van der Waals surface area contributed by atoms with Crippen molar-refractivity contribution in [3.8, 4) is 0 Å². The SMILES string of the molecule is O=C(Nc1nccs1)[C@@H](c1cc(Br)cs1)N1CCOCC1. The smallest absolute Gasteiger partial charge is 0.248 e. The van der Waals surface area contributed by atoms with Crippen LogP contribution in [0.4, 0.5) is 5.13 Å². The van der Waals surface area contributed by atoms with E-state index in [1.807, 2.05) is 16.8 Å². The molecule has 8 heteroatoms. The monoisotopic (exact) mass is 387 g/mol. The molecule has 1 aliphatic heterocycles. The highest BCUT2D eigenvalue weighted by Gasteiger charge is 2.30. The zero-order valence-corrected chi connectivity index (χ0v) is 14.3. The Kier molecular flexibility index (Phi) is 5.02. The molecule has 1 atom stereocenters. The van der Waals surface area contributed by atoms with Gasteiger partial charge in [0.25, 0.3) is 0 Å². The lowest BCUT2D eigenvalue weighted by Crippen LogP contribution is -2.43. The Morgan fingerprint density at radius 2 is 2.24 bits per heavy atom. The normalized spacial score (nSPS) is 17.6. The average Bonchev–Trinajstić information content (AvgIpc) is 3.13. The summed E-state index contributed by atoms with van der Waals surface area (Å²) in [5.74, 6) is -0.0406. The third-order valence-corrected chi connectivity index (χ3v) is 5.61. The minimum Gasteiger partial charge on any atom is -0.379 e. The molecular weight excluding hydrogens is 374 g/mol. The number of ether oxygens (including phenoxy) is 1. The first-order valence-electron chi connectivity index (χ1n) is 6.50. The van der Waals surface area contributed by atoms with Crippen LogP contribution in [0.1, 0.15) is 10.9 Å². The zero-order valence-electron chi connectivity index (χ0n) is 11.1. The molecule has 0 unspecified atom stereocenters. The van der Waals surface area contributed by atoms with Crippen LogP contribution in [0.3, 0.4) is 0 Å². The van der Waals surface area contributed by atoms with Gasteiger partial charge in [-0.25, -0.2) is 4.98 Å². The van der Waals surface area contributed by atoms with Gasteiger partial charge in [-0.15, -0.1) is 22.7 Å². The van der Waals surface area contributed by atoms with Crippen LogP contribution in [-0.2, 0) is 9.53 Å². The number of carbonyl (C=O) groups is 1. The van der Waals surface area contributed by atoms with Crippen molar-refractivity contribution in [1.82, 2.24) is 9.88 Å². The first kappa shape index (κ1) is 15.1. The van der Waals surface area contributed by atoms with Crippen molar-refractivity contribution in [3.05, 3.63) is 32.4 Å². The number of morpholine rings is 1. The third kappa shape index (κ3) is 3.70. The Morgan fingerprint density at radius 3 is 2.86 bits per heavy atom. The number of nitrogens with one attached hydrogen (secondary N) is 1. The molecule has 0 spiro atoms. The third-order valence-electron chi connectivity index (χ3n) is 3.18. The molecule has 2 aromatic rings. The van der Waals surface area contributed by atoms with Gasteiger partial charge in [-0.3, -0.25) is 9.69 Å². The van der Waals surface area contributed by atoms with Crippen molar-refractivity contribution in [2.75, 3.05) is 31.6 Å². The minimum atomic E-state index is -0.297. The Morgan fingerprint density at radius 1 is 1.43 bits per heavy atom. The lowest BCUT2D eigenvalue weighted by atomic mass is 10.1. The number of nitrogens with zero attached hydrogens (tertiary/aromatic N) is 2. The molecule has 5 nitrogen and oxygen atoms in total. The highest BCUT2D eigenvalue weighted by molar-refractivity contribution is 9.10. The summed E-state index contributed by atoms with van der Waals surface area (Å²) in [5.41, 5.74) is 0. The quantitative estimate of drug-likeness (QED) is 0.875. The average molecular weight is 388 g/mol. The van der Waals surface area contributed by atoms with E-state index in [0.29, 0.717) is 18.3 Å². The second-order valence-corrected chi connectivity index (χ2v) is 7.30. The Balaban J connectivity index is 1.82. The van der Waals surface area contributed by atoms with E-state index >= 15 is 0 Å². The van der Waals surface area contributed by atoms with Crippen molar-refractivity contribution in [2.24, 2.45) is 0 Å². The maximum absolute atomic E-state index is 12.7. The van der Waals surface area contributed by atoms with Crippen LogP contribution < -0.4 is 5.32 Å². The minimum absolute atomic E-state index is 0.0406. The number of anilines is 1. The van der Waals surface area contributed by atoms with Gasteiger partial charge < -0.3 is 10.1 Å². The van der Waals surface area contributed by atoms with Crippen LogP contribution in [-0.4, -0.2) is 42.1 Å². The molecule has 2 aromatic heterocycles. The molecule has 0 saturated carbocycles. The number of halogens is 1. The summed E-state index contributed by atoms with van der Waals surface area (Å²) in [6, 6.07) is 1.71. The van der Waals surface area contributed by atoms with Crippen LogP contribution in [0.2, 0.25) is 0 Å². The van der Waals surface area contributed by atoms with Crippen molar-refractivity contribution in [1.29, 1.82) is 0 Å². The van der Waals surface area contributed by atoms with E-state index in [-0.39, 0.29) is 11.9 Å². The predicted molar refractivity (Wildman–Crippen MR) is 87.9 cm³/mol. The summed E-state index contributed by atoms with van der Waals surface area (Å²) in [7, 11) is 0. The van der Waals surface area contributed by atoms with Crippen molar-refractivity contribution in [2.45, 2.75) is 6.04 Å². The van der Waals surface area contributed by atoms with Gasteiger partial charge in [-0.05, 0) is 22.0 Å². The highest BCUT2D eigenvalue weighted by Crippen LogP contribution is 2.31. The molecule has 0 aliphatic carbocycles. The molecule has 1 N–H and O–H groups in total. The first-order valence-corrected chi connectivity index (χ1v) is 9.05. The topological polar surface area (TPSA) is 54.5 Å². The second kappa shape index (κ2) is 6.97. The maximum Gasteiger partial charge on any atom is 0.248 e. The fraction of sp³-hybridized carbons (Fsp3) is 0.385. The van der Waals surface area contributed by atoms with Crippen molar-refractivity contribution < 1.29 is 9.53 Å². The molecule has 1 amide bonds. The molecule has 1 aliphatic rings. The lowest BCUT2D eigenvalue weighted by molar-refractivity contribution is -0.123. The van der Waals surface area contributed by atoms with Crippen LogP contribution in [0.15, 0.2) is 27.5 Å². The fourth-order valence-corrected chi connectivity index (χ4v) is 4.35. The number of rotatable bonds is 4. The van der Waals surface area contributed by atoms with E-state index in [2.05, 4.69) is 31.1 Å². The van der Waals surface area contributed by atoms with Crippen molar-refractivity contribution in [3.63, 3.8) is 0 Å². The number of hydrogen-bond donors (Lipinski definition) is 1. The van der Waals surface area contributed by atoms with Gasteiger partial charge in [0.1, 0.15) is 6.04 Å². The van der Waals surface area contributed by atoms with E-state index in [1.165, 1.54) is 11.3 Å². The van der Waals surface area contributed by atoms with Crippen LogP contribution in [0.5, 0.6) is 0 Å². The number of thiophene rings is 1. The van der Waals surface area contributed by atoms with E-state index in [9.17, 15) is 4.79 Å². The summed E-state index contributed by atoms with van der Waals surface area (Å²) >= 11 is 6.47. The van der Waals surface area contributed by atoms with Crippen LogP contribution >= 0.6 is 38.6 Å². The maximum atomic E-state index is 12.7. The van der Waals surface area contributed by atoms with Gasteiger partial charge in [0.15, 0.2) is 5.13 Å². The summed E-state index contributed by atoms with van der Waals surface area (Å²) in [5, 5.41) is 7.39. The Labute approximate surface area is 139 Å². The Hall–Kier alpha value is -0.800. The molecule has 1 fully saturated rings. The van der Waals surface area contributed by atoms with E-state index < -0.39 is 0 Å². The van der Waals surface area contributed by atoms with Gasteiger partial charge in [-0.1, -0.05) is 0 Å². The van der Waals surface area contributed by atoms with Gasteiger partial charge >= 0.3 is 0 Å². The second-order valence-electron chi connectivity index (χ2n) is 4.54. The molecule has 21 heavy (non-hydrogen) atoms. The van der Waals surface area contributed by atoms with Crippen molar-refractivity contribution >= 4 is 49.6 Å². The number of hydrogen-bond acceptors (Lipinski definition) is 6. The number of thiazole rings is 1. The van der Waals surface area contributed by atoms with Gasteiger partial charge in [-0.2, -0.15) is 0 Å². The molecule has 0 bridgehead atoms. The molecule has 1 saturated heterocycles. The summed E-state index contributed by atoms with van der Waals surface area (Å²) in [4.78, 5) is 20.0. The number of amides is 1. The molecule has 3 heterocycles. The number of carbonyl (C=O) groups excluding carboxylic acids is 1.